The fourth-order valence-electron chi connectivity index (χ4n) is 3.88. The molecule has 0 saturated carbocycles. The molecule has 1 amide bonds. The van der Waals surface area contributed by atoms with Crippen molar-refractivity contribution in [1.29, 1.82) is 0 Å². The maximum absolute atomic E-state index is 12.7. The SMILES string of the molecule is COc1ccc(C(CNC(=O)c2ccc3nc[nH]c3c2)N2CCCCC2)cc1. The van der Waals surface area contributed by atoms with E-state index in [0.717, 1.165) is 29.9 Å². The first-order chi connectivity index (χ1) is 13.7. The Hall–Kier alpha value is -2.86. The molecule has 1 unspecified atom stereocenters. The number of rotatable bonds is 6. The highest BCUT2D eigenvalue weighted by atomic mass is 16.5. The number of likely N-dealkylation sites (tertiary alicyclic amines) is 1. The number of hydrogen-bond acceptors (Lipinski definition) is 4. The van der Waals surface area contributed by atoms with E-state index in [2.05, 4.69) is 32.3 Å². The molecule has 146 valence electrons. The van der Waals surface area contributed by atoms with Gasteiger partial charge in [-0.2, -0.15) is 0 Å². The van der Waals surface area contributed by atoms with Crippen LogP contribution in [0.25, 0.3) is 11.0 Å². The van der Waals surface area contributed by atoms with Gasteiger partial charge in [0.2, 0.25) is 0 Å². The molecule has 1 aliphatic rings. The molecule has 0 bridgehead atoms. The van der Waals surface area contributed by atoms with Gasteiger partial charge in [-0.15, -0.1) is 0 Å². The molecule has 0 aliphatic carbocycles. The number of methoxy groups -OCH3 is 1. The topological polar surface area (TPSA) is 70.2 Å². The van der Waals surface area contributed by atoms with Gasteiger partial charge in [-0.1, -0.05) is 18.6 Å². The molecule has 4 rings (SSSR count). The number of H-pyrrole nitrogens is 1. The predicted molar refractivity (Wildman–Crippen MR) is 110 cm³/mol. The number of benzene rings is 2. The summed E-state index contributed by atoms with van der Waals surface area (Å²) in [6, 6.07) is 13.9. The average molecular weight is 378 g/mol. The Morgan fingerprint density at radius 3 is 2.71 bits per heavy atom. The summed E-state index contributed by atoms with van der Waals surface area (Å²) in [7, 11) is 1.67. The van der Waals surface area contributed by atoms with Crippen LogP contribution in [0.15, 0.2) is 48.8 Å². The van der Waals surface area contributed by atoms with Crippen molar-refractivity contribution in [2.45, 2.75) is 25.3 Å². The minimum Gasteiger partial charge on any atom is -0.497 e. The van der Waals surface area contributed by atoms with E-state index in [1.165, 1.54) is 24.8 Å². The predicted octanol–water partition coefficient (Wildman–Crippen LogP) is 3.53. The second-order valence-electron chi connectivity index (χ2n) is 7.23. The molecule has 2 heterocycles. The van der Waals surface area contributed by atoms with E-state index in [1.54, 1.807) is 13.4 Å². The molecule has 1 atom stereocenters. The first-order valence-electron chi connectivity index (χ1n) is 9.84. The lowest BCUT2D eigenvalue weighted by Crippen LogP contribution is -2.40. The molecule has 1 fully saturated rings. The summed E-state index contributed by atoms with van der Waals surface area (Å²) in [4.78, 5) is 22.5. The number of nitrogens with one attached hydrogen (secondary N) is 2. The molecule has 0 radical (unpaired) electrons. The fraction of sp³-hybridized carbons (Fsp3) is 0.364. The second kappa shape index (κ2) is 8.44. The van der Waals surface area contributed by atoms with E-state index < -0.39 is 0 Å². The number of fused-ring (bicyclic) bond motifs is 1. The lowest BCUT2D eigenvalue weighted by molar-refractivity contribution is 0.0924. The van der Waals surface area contributed by atoms with Crippen molar-refractivity contribution < 1.29 is 9.53 Å². The fourth-order valence-corrected chi connectivity index (χ4v) is 3.88. The van der Waals surface area contributed by atoms with Crippen molar-refractivity contribution in [2.24, 2.45) is 0 Å². The summed E-state index contributed by atoms with van der Waals surface area (Å²) < 4.78 is 5.29. The van der Waals surface area contributed by atoms with Gasteiger partial charge in [0.25, 0.3) is 5.91 Å². The van der Waals surface area contributed by atoms with E-state index in [9.17, 15) is 4.79 Å². The minimum atomic E-state index is -0.0629. The maximum atomic E-state index is 12.7. The van der Waals surface area contributed by atoms with Crippen molar-refractivity contribution >= 4 is 16.9 Å². The Bertz CT molecular complexity index is 929. The zero-order valence-electron chi connectivity index (χ0n) is 16.1. The van der Waals surface area contributed by atoms with E-state index in [0.29, 0.717) is 12.1 Å². The summed E-state index contributed by atoms with van der Waals surface area (Å²) in [5.74, 6) is 0.782. The highest BCUT2D eigenvalue weighted by molar-refractivity contribution is 5.97. The van der Waals surface area contributed by atoms with Gasteiger partial charge in [-0.25, -0.2) is 4.98 Å². The highest BCUT2D eigenvalue weighted by Crippen LogP contribution is 2.26. The third-order valence-electron chi connectivity index (χ3n) is 5.47. The van der Waals surface area contributed by atoms with Crippen molar-refractivity contribution in [3.05, 3.63) is 59.9 Å². The van der Waals surface area contributed by atoms with Crippen molar-refractivity contribution in [3.63, 3.8) is 0 Å². The quantitative estimate of drug-likeness (QED) is 0.688. The van der Waals surface area contributed by atoms with E-state index >= 15 is 0 Å². The number of aromatic amines is 1. The van der Waals surface area contributed by atoms with Crippen LogP contribution in [0, 0.1) is 0 Å². The van der Waals surface area contributed by atoms with Crippen molar-refractivity contribution in [1.82, 2.24) is 20.2 Å². The van der Waals surface area contributed by atoms with E-state index in [-0.39, 0.29) is 11.9 Å². The lowest BCUT2D eigenvalue weighted by Gasteiger charge is -2.35. The Morgan fingerprint density at radius 2 is 1.96 bits per heavy atom. The number of nitrogens with zero attached hydrogens (tertiary/aromatic N) is 2. The van der Waals surface area contributed by atoms with E-state index in [4.69, 9.17) is 4.74 Å². The van der Waals surface area contributed by atoms with Gasteiger partial charge in [-0.05, 0) is 61.8 Å². The van der Waals surface area contributed by atoms with Crippen LogP contribution in [0.5, 0.6) is 5.75 Å². The first kappa shape index (κ1) is 18.5. The molecule has 6 heteroatoms. The first-order valence-corrected chi connectivity index (χ1v) is 9.84. The molecule has 2 aromatic carbocycles. The molecule has 1 saturated heterocycles. The van der Waals surface area contributed by atoms with Crippen LogP contribution < -0.4 is 10.1 Å². The summed E-state index contributed by atoms with van der Waals surface area (Å²) in [5, 5.41) is 3.13. The maximum Gasteiger partial charge on any atom is 0.251 e. The number of carbonyl (C=O) groups excluding carboxylic acids is 1. The molecular weight excluding hydrogens is 352 g/mol. The van der Waals surface area contributed by atoms with Crippen LogP contribution in [-0.2, 0) is 0 Å². The molecule has 3 aromatic rings. The Balaban J connectivity index is 1.50. The Labute approximate surface area is 164 Å². The monoisotopic (exact) mass is 378 g/mol. The minimum absolute atomic E-state index is 0.0629. The average Bonchev–Trinajstić information content (AvgIpc) is 3.23. The van der Waals surface area contributed by atoms with Crippen LogP contribution >= 0.6 is 0 Å². The van der Waals surface area contributed by atoms with Gasteiger partial charge in [0, 0.05) is 12.1 Å². The number of hydrogen-bond donors (Lipinski definition) is 2. The zero-order chi connectivity index (χ0) is 19.3. The Morgan fingerprint density at radius 1 is 1.18 bits per heavy atom. The van der Waals surface area contributed by atoms with Crippen LogP contribution in [0.2, 0.25) is 0 Å². The number of amides is 1. The number of piperidine rings is 1. The van der Waals surface area contributed by atoms with Gasteiger partial charge < -0.3 is 15.0 Å². The summed E-state index contributed by atoms with van der Waals surface area (Å²) in [6.45, 7) is 2.70. The summed E-state index contributed by atoms with van der Waals surface area (Å²) >= 11 is 0. The second-order valence-corrected chi connectivity index (χ2v) is 7.23. The molecule has 2 N–H and O–H groups in total. The van der Waals surface area contributed by atoms with Crippen LogP contribution in [0.1, 0.15) is 41.2 Å². The smallest absolute Gasteiger partial charge is 0.251 e. The van der Waals surface area contributed by atoms with Crippen molar-refractivity contribution in [3.8, 4) is 5.75 Å². The standard InChI is InChI=1S/C22H26N4O2/c1-28-18-8-5-16(6-9-18)21(26-11-3-2-4-12-26)14-23-22(27)17-7-10-19-20(13-17)25-15-24-19/h5-10,13,15,21H,2-4,11-12,14H2,1H3,(H,23,27)(H,24,25). The largest absolute Gasteiger partial charge is 0.497 e. The van der Waals surface area contributed by atoms with Gasteiger partial charge in [0.15, 0.2) is 0 Å². The molecule has 28 heavy (non-hydrogen) atoms. The van der Waals surface area contributed by atoms with Gasteiger partial charge >= 0.3 is 0 Å². The molecule has 1 aromatic heterocycles. The van der Waals surface area contributed by atoms with Gasteiger partial charge in [0.05, 0.1) is 30.5 Å². The van der Waals surface area contributed by atoms with Crippen molar-refractivity contribution in [2.75, 3.05) is 26.7 Å². The molecule has 1 aliphatic heterocycles. The summed E-state index contributed by atoms with van der Waals surface area (Å²) in [5.41, 5.74) is 3.58. The molecule has 6 nitrogen and oxygen atoms in total. The number of imidazole rings is 1. The number of ether oxygens (including phenoxy) is 1. The third-order valence-corrected chi connectivity index (χ3v) is 5.47. The van der Waals surface area contributed by atoms with Crippen LogP contribution in [0.3, 0.4) is 0 Å². The number of aromatic nitrogens is 2. The third kappa shape index (κ3) is 4.02. The van der Waals surface area contributed by atoms with Crippen LogP contribution in [-0.4, -0.2) is 47.5 Å². The lowest BCUT2D eigenvalue weighted by atomic mass is 10.0. The highest BCUT2D eigenvalue weighted by Gasteiger charge is 2.23. The Kier molecular flexibility index (Phi) is 5.58. The number of carbonyl (C=O) groups is 1. The summed E-state index contributed by atoms with van der Waals surface area (Å²) in [6.07, 6.45) is 5.33. The van der Waals surface area contributed by atoms with Gasteiger partial charge in [-0.3, -0.25) is 9.69 Å². The van der Waals surface area contributed by atoms with Gasteiger partial charge in [0.1, 0.15) is 5.75 Å². The normalized spacial score (nSPS) is 16.0. The van der Waals surface area contributed by atoms with E-state index in [1.807, 2.05) is 30.3 Å². The molecular formula is C22H26N4O2. The molecule has 0 spiro atoms. The zero-order valence-corrected chi connectivity index (χ0v) is 16.1. The van der Waals surface area contributed by atoms with Crippen LogP contribution in [0.4, 0.5) is 0 Å².